The highest BCUT2D eigenvalue weighted by atomic mass is 19.4. The first-order chi connectivity index (χ1) is 17.7. The van der Waals surface area contributed by atoms with Gasteiger partial charge in [0.1, 0.15) is 0 Å². The summed E-state index contributed by atoms with van der Waals surface area (Å²) in [5.41, 5.74) is 3.64. The molecule has 1 fully saturated rings. The van der Waals surface area contributed by atoms with Crippen molar-refractivity contribution in [3.8, 4) is 0 Å². The van der Waals surface area contributed by atoms with Gasteiger partial charge in [0.2, 0.25) is 0 Å². The molecule has 1 atom stereocenters. The number of halogens is 6. The molecule has 210 valence electrons. The van der Waals surface area contributed by atoms with Crippen LogP contribution < -0.4 is 5.56 Å². The minimum Gasteiger partial charge on any atom is -0.475 e. The van der Waals surface area contributed by atoms with E-state index < -0.39 is 24.3 Å². The number of hydrogen-bond donors (Lipinski definition) is 2. The van der Waals surface area contributed by atoms with Gasteiger partial charge in [0.05, 0.1) is 13.2 Å². The number of fused-ring (bicyclic) bond motifs is 1. The molecule has 0 aliphatic carbocycles. The van der Waals surface area contributed by atoms with E-state index in [2.05, 4.69) is 9.88 Å². The molecule has 38 heavy (non-hydrogen) atoms. The Bertz CT molecular complexity index is 1110. The molecule has 0 bridgehead atoms. The topological polar surface area (TPSA) is 122 Å². The van der Waals surface area contributed by atoms with Crippen molar-refractivity contribution in [2.75, 3.05) is 26.3 Å². The van der Waals surface area contributed by atoms with E-state index in [-0.39, 0.29) is 5.56 Å². The number of ether oxygens (including phenoxy) is 1. The summed E-state index contributed by atoms with van der Waals surface area (Å²) < 4.78 is 71.0. The Hall–Kier alpha value is -3.46. The van der Waals surface area contributed by atoms with Gasteiger partial charge >= 0.3 is 24.3 Å². The van der Waals surface area contributed by atoms with E-state index in [0.717, 1.165) is 51.1 Å². The van der Waals surface area contributed by atoms with Crippen molar-refractivity contribution in [3.05, 3.63) is 63.8 Å². The first kappa shape index (κ1) is 30.8. The van der Waals surface area contributed by atoms with E-state index in [1.165, 1.54) is 11.3 Å². The first-order valence-electron chi connectivity index (χ1n) is 11.2. The smallest absolute Gasteiger partial charge is 0.475 e. The van der Waals surface area contributed by atoms with Crippen LogP contribution in [0, 0.1) is 0 Å². The van der Waals surface area contributed by atoms with Crippen molar-refractivity contribution in [2.24, 2.45) is 0 Å². The quantitative estimate of drug-likeness (QED) is 0.557. The van der Waals surface area contributed by atoms with E-state index in [4.69, 9.17) is 24.5 Å². The minimum atomic E-state index is -5.08. The molecule has 0 amide bonds. The third-order valence-electron chi connectivity index (χ3n) is 5.66. The third kappa shape index (κ3) is 9.45. The van der Waals surface area contributed by atoms with Gasteiger partial charge in [-0.15, -0.1) is 0 Å². The van der Waals surface area contributed by atoms with Gasteiger partial charge in [0.25, 0.3) is 5.56 Å². The fraction of sp³-hybridized carbons (Fsp3) is 0.478. The highest BCUT2D eigenvalue weighted by molar-refractivity contribution is 5.73. The van der Waals surface area contributed by atoms with Crippen LogP contribution in [0.3, 0.4) is 0 Å². The summed E-state index contributed by atoms with van der Waals surface area (Å²) in [6.07, 6.45) is -3.52. The third-order valence-corrected chi connectivity index (χ3v) is 5.66. The van der Waals surface area contributed by atoms with Crippen LogP contribution in [0.15, 0.2) is 41.5 Å². The Labute approximate surface area is 212 Å². The van der Waals surface area contributed by atoms with E-state index in [9.17, 15) is 31.1 Å². The molecule has 1 unspecified atom stereocenters. The Morgan fingerprint density at radius 3 is 2.11 bits per heavy atom. The van der Waals surface area contributed by atoms with Crippen molar-refractivity contribution in [3.63, 3.8) is 0 Å². The lowest BCUT2D eigenvalue weighted by atomic mass is 10.1. The van der Waals surface area contributed by atoms with Crippen LogP contribution in [-0.2, 0) is 33.7 Å². The van der Waals surface area contributed by atoms with Crippen molar-refractivity contribution < 1.29 is 50.9 Å². The summed E-state index contributed by atoms with van der Waals surface area (Å²) in [4.78, 5) is 36.9. The normalized spacial score (nSPS) is 17.7. The van der Waals surface area contributed by atoms with E-state index in [1.54, 1.807) is 12.3 Å². The lowest BCUT2D eigenvalue weighted by Gasteiger charge is -2.25. The molecule has 2 aromatic rings. The Balaban J connectivity index is 0.000000301. The molecule has 9 nitrogen and oxygen atoms in total. The van der Waals surface area contributed by atoms with Crippen LogP contribution in [0.4, 0.5) is 26.3 Å². The zero-order chi connectivity index (χ0) is 28.5. The van der Waals surface area contributed by atoms with Crippen LogP contribution in [0.1, 0.15) is 23.2 Å². The average Bonchev–Trinajstić information content (AvgIpc) is 3.28. The second kappa shape index (κ2) is 13.4. The first-order valence-corrected chi connectivity index (χ1v) is 11.2. The van der Waals surface area contributed by atoms with Gasteiger partial charge in [-0.25, -0.2) is 9.59 Å². The summed E-state index contributed by atoms with van der Waals surface area (Å²) in [6, 6.07) is 8.22. The van der Waals surface area contributed by atoms with Gasteiger partial charge in [-0.2, -0.15) is 26.3 Å². The fourth-order valence-electron chi connectivity index (χ4n) is 3.84. The maximum Gasteiger partial charge on any atom is 0.490 e. The molecule has 4 rings (SSSR count). The molecule has 0 aromatic carbocycles. The number of rotatable bonds is 3. The molecule has 2 N–H and O–H groups in total. The Morgan fingerprint density at radius 1 is 1.00 bits per heavy atom. The highest BCUT2D eigenvalue weighted by Crippen LogP contribution is 2.20. The zero-order valence-electron chi connectivity index (χ0n) is 19.8. The Morgan fingerprint density at radius 2 is 1.61 bits per heavy atom. The maximum absolute atomic E-state index is 12.5. The zero-order valence-corrected chi connectivity index (χ0v) is 19.8. The second-order valence-corrected chi connectivity index (χ2v) is 8.25. The number of aliphatic carboxylic acids is 2. The summed E-state index contributed by atoms with van der Waals surface area (Å²) in [5.74, 6) is -5.51. The van der Waals surface area contributed by atoms with E-state index in [0.29, 0.717) is 12.6 Å². The average molecular weight is 553 g/mol. The molecule has 4 heterocycles. The van der Waals surface area contributed by atoms with Gasteiger partial charge in [-0.1, -0.05) is 12.1 Å². The molecule has 2 aliphatic rings. The van der Waals surface area contributed by atoms with Crippen molar-refractivity contribution >= 4 is 11.9 Å². The van der Waals surface area contributed by atoms with Gasteiger partial charge in [0.15, 0.2) is 0 Å². The summed E-state index contributed by atoms with van der Waals surface area (Å²) in [5, 5.41) is 14.2. The number of carboxylic acid groups (broad SMARTS) is 2. The van der Waals surface area contributed by atoms with Crippen LogP contribution in [0.25, 0.3) is 0 Å². The van der Waals surface area contributed by atoms with Crippen LogP contribution in [0.5, 0.6) is 0 Å². The van der Waals surface area contributed by atoms with E-state index in [1.807, 2.05) is 29.0 Å². The van der Waals surface area contributed by atoms with Crippen LogP contribution in [0.2, 0.25) is 0 Å². The minimum absolute atomic E-state index is 0.0789. The summed E-state index contributed by atoms with van der Waals surface area (Å²) in [7, 11) is 0. The van der Waals surface area contributed by atoms with Crippen molar-refractivity contribution in [1.82, 2.24) is 14.5 Å². The van der Waals surface area contributed by atoms with Gasteiger partial charge in [0, 0.05) is 56.3 Å². The number of aromatic nitrogens is 2. The van der Waals surface area contributed by atoms with Crippen molar-refractivity contribution in [1.29, 1.82) is 0 Å². The van der Waals surface area contributed by atoms with Crippen molar-refractivity contribution in [2.45, 2.75) is 44.2 Å². The standard InChI is InChI=1S/C19H23N3O2.2C2HF3O2/c23-19-4-3-16-5-9-21(17-7-11-24-14-17)10-6-18(16)22(19)13-15-2-1-8-20-12-15;2*3-2(4,5)1(6)7/h1-4,8,12,17H,5-7,9-11,13-14H2;2*(H,6,7). The van der Waals surface area contributed by atoms with Gasteiger partial charge < -0.3 is 19.5 Å². The Kier molecular flexibility index (Phi) is 10.8. The number of carbonyl (C=O) groups is 2. The van der Waals surface area contributed by atoms with Crippen LogP contribution in [-0.4, -0.2) is 81.3 Å². The predicted molar refractivity (Wildman–Crippen MR) is 120 cm³/mol. The number of pyridine rings is 2. The molecule has 2 aromatic heterocycles. The lowest BCUT2D eigenvalue weighted by Crippen LogP contribution is -2.37. The van der Waals surface area contributed by atoms with Gasteiger partial charge in [-0.05, 0) is 30.0 Å². The molecule has 0 radical (unpaired) electrons. The lowest BCUT2D eigenvalue weighted by molar-refractivity contribution is -0.193. The monoisotopic (exact) mass is 553 g/mol. The summed E-state index contributed by atoms with van der Waals surface area (Å²) >= 11 is 0. The summed E-state index contributed by atoms with van der Waals surface area (Å²) in [6.45, 7) is 4.37. The molecule has 15 heteroatoms. The molecular formula is C23H25F6N3O6. The molecular weight excluding hydrogens is 528 g/mol. The number of nitrogens with zero attached hydrogens (tertiary/aromatic N) is 3. The highest BCUT2D eigenvalue weighted by Gasteiger charge is 2.38. The molecule has 0 saturated carbocycles. The van der Waals surface area contributed by atoms with Crippen LogP contribution >= 0.6 is 0 Å². The SMILES string of the molecule is O=C(O)C(F)(F)F.O=C(O)C(F)(F)F.O=c1ccc2c(n1Cc1cccnc1)CCN(C1CCOC1)CC2. The largest absolute Gasteiger partial charge is 0.490 e. The molecule has 1 saturated heterocycles. The number of carboxylic acids is 2. The van der Waals surface area contributed by atoms with E-state index >= 15 is 0 Å². The number of hydrogen-bond acceptors (Lipinski definition) is 6. The molecule has 2 aliphatic heterocycles. The van der Waals surface area contributed by atoms with Gasteiger partial charge in [-0.3, -0.25) is 14.7 Å². The fourth-order valence-corrected chi connectivity index (χ4v) is 3.84. The molecule has 0 spiro atoms. The second-order valence-electron chi connectivity index (χ2n) is 8.25. The predicted octanol–water partition coefficient (Wildman–Crippen LogP) is 2.75. The maximum atomic E-state index is 12.5. The number of alkyl halides is 6.